The van der Waals surface area contributed by atoms with Crippen LogP contribution in [-0.4, -0.2) is 10.7 Å². The average molecular weight is 406 g/mol. The van der Waals surface area contributed by atoms with Gasteiger partial charge in [-0.1, -0.05) is 16.7 Å². The van der Waals surface area contributed by atoms with Crippen molar-refractivity contribution in [1.29, 1.82) is 0 Å². The van der Waals surface area contributed by atoms with Crippen molar-refractivity contribution in [2.24, 2.45) is 0 Å². The molecule has 156 valence electrons. The van der Waals surface area contributed by atoms with E-state index in [-0.39, 0.29) is 11.6 Å². The number of aliphatic hydroxyl groups is 1. The molecule has 1 nitrogen and oxygen atoms in total. The Morgan fingerprint density at radius 3 is 1.71 bits per heavy atom. The molecule has 0 amide bonds. The van der Waals surface area contributed by atoms with Crippen LogP contribution in [0.25, 0.3) is 5.57 Å². The normalized spacial score (nSPS) is 16.8. The summed E-state index contributed by atoms with van der Waals surface area (Å²) < 4.78 is 79.3. The van der Waals surface area contributed by atoms with Gasteiger partial charge < -0.3 is 5.11 Å². The first kappa shape index (κ1) is 22.5. The zero-order chi connectivity index (χ0) is 21.5. The lowest BCUT2D eigenvalue weighted by atomic mass is 9.80. The third kappa shape index (κ3) is 5.63. The summed E-state index contributed by atoms with van der Waals surface area (Å²) in [6.45, 7) is 6.98. The zero-order valence-electron chi connectivity index (χ0n) is 16.3. The van der Waals surface area contributed by atoms with Crippen molar-refractivity contribution < 1.29 is 31.4 Å². The minimum Gasteiger partial charge on any atom is -0.390 e. The fourth-order valence-electron chi connectivity index (χ4n) is 3.25. The van der Waals surface area contributed by atoms with E-state index in [2.05, 4.69) is 0 Å². The van der Waals surface area contributed by atoms with Gasteiger partial charge in [-0.2, -0.15) is 26.3 Å². The van der Waals surface area contributed by atoms with Crippen LogP contribution in [0.15, 0.2) is 34.9 Å². The first-order chi connectivity index (χ1) is 12.6. The van der Waals surface area contributed by atoms with Crippen LogP contribution in [0.4, 0.5) is 26.3 Å². The van der Waals surface area contributed by atoms with Gasteiger partial charge >= 0.3 is 12.4 Å². The standard InChI is InChI=1S/C21H24F6O/c1-12-7-14(5-6-19(3,4)28)18(8-13(12)2)15-9-16(20(22,23)24)11-17(10-15)21(25,26)27/h9-11,28H,5-8H2,1-4H3. The lowest BCUT2D eigenvalue weighted by molar-refractivity contribution is -0.143. The van der Waals surface area contributed by atoms with E-state index in [1.54, 1.807) is 13.8 Å². The molecule has 0 spiro atoms. The molecule has 1 aromatic carbocycles. The van der Waals surface area contributed by atoms with E-state index < -0.39 is 29.1 Å². The molecule has 1 aromatic rings. The number of hydrogen-bond acceptors (Lipinski definition) is 1. The van der Waals surface area contributed by atoms with Crippen molar-refractivity contribution in [2.75, 3.05) is 0 Å². The van der Waals surface area contributed by atoms with Crippen molar-refractivity contribution >= 4 is 5.57 Å². The lowest BCUT2D eigenvalue weighted by Crippen LogP contribution is -2.19. The highest BCUT2D eigenvalue weighted by molar-refractivity contribution is 5.74. The molecule has 0 aromatic heterocycles. The summed E-state index contributed by atoms with van der Waals surface area (Å²) >= 11 is 0. The van der Waals surface area contributed by atoms with E-state index in [1.807, 2.05) is 13.8 Å². The van der Waals surface area contributed by atoms with Gasteiger partial charge in [0.1, 0.15) is 0 Å². The second-order valence-corrected chi connectivity index (χ2v) is 8.10. The maximum Gasteiger partial charge on any atom is 0.416 e. The highest BCUT2D eigenvalue weighted by atomic mass is 19.4. The summed E-state index contributed by atoms with van der Waals surface area (Å²) in [7, 11) is 0. The Kier molecular flexibility index (Phi) is 6.10. The Bertz CT molecular complexity index is 771. The van der Waals surface area contributed by atoms with E-state index in [1.165, 1.54) is 0 Å². The van der Waals surface area contributed by atoms with Crippen molar-refractivity contribution in [3.63, 3.8) is 0 Å². The van der Waals surface area contributed by atoms with Gasteiger partial charge in [0.15, 0.2) is 0 Å². The van der Waals surface area contributed by atoms with E-state index in [0.717, 1.165) is 28.9 Å². The van der Waals surface area contributed by atoms with Gasteiger partial charge in [-0.15, -0.1) is 0 Å². The summed E-state index contributed by atoms with van der Waals surface area (Å²) in [6, 6.07) is 1.74. The Morgan fingerprint density at radius 2 is 1.29 bits per heavy atom. The van der Waals surface area contributed by atoms with Crippen molar-refractivity contribution in [2.45, 2.75) is 71.3 Å². The summed E-state index contributed by atoms with van der Waals surface area (Å²) in [6.07, 6.45) is -8.21. The van der Waals surface area contributed by atoms with E-state index in [4.69, 9.17) is 0 Å². The second kappa shape index (κ2) is 7.58. The van der Waals surface area contributed by atoms with Gasteiger partial charge in [-0.3, -0.25) is 0 Å². The number of rotatable bonds is 4. The molecule has 7 heteroatoms. The van der Waals surface area contributed by atoms with Crippen molar-refractivity contribution in [1.82, 2.24) is 0 Å². The molecule has 0 heterocycles. The number of halogens is 6. The quantitative estimate of drug-likeness (QED) is 0.415. The van der Waals surface area contributed by atoms with Gasteiger partial charge in [0.25, 0.3) is 0 Å². The fourth-order valence-corrected chi connectivity index (χ4v) is 3.25. The molecule has 1 N–H and O–H groups in total. The van der Waals surface area contributed by atoms with Crippen LogP contribution in [-0.2, 0) is 12.4 Å². The van der Waals surface area contributed by atoms with Crippen LogP contribution in [0, 0.1) is 0 Å². The Balaban J connectivity index is 2.62. The van der Waals surface area contributed by atoms with Crippen LogP contribution >= 0.6 is 0 Å². The molecule has 0 fully saturated rings. The van der Waals surface area contributed by atoms with Crippen LogP contribution in [0.5, 0.6) is 0 Å². The lowest BCUT2D eigenvalue weighted by Gasteiger charge is -2.26. The maximum atomic E-state index is 13.2. The van der Waals surface area contributed by atoms with Crippen LogP contribution in [0.3, 0.4) is 0 Å². The van der Waals surface area contributed by atoms with Gasteiger partial charge in [0.05, 0.1) is 16.7 Å². The molecular weight excluding hydrogens is 382 g/mol. The largest absolute Gasteiger partial charge is 0.416 e. The molecule has 2 rings (SSSR count). The number of benzene rings is 1. The van der Waals surface area contributed by atoms with Gasteiger partial charge in [0.2, 0.25) is 0 Å². The van der Waals surface area contributed by atoms with E-state index in [9.17, 15) is 31.4 Å². The fraction of sp³-hybridized carbons (Fsp3) is 0.524. The molecule has 0 bridgehead atoms. The highest BCUT2D eigenvalue weighted by Gasteiger charge is 2.37. The first-order valence-corrected chi connectivity index (χ1v) is 8.96. The molecule has 28 heavy (non-hydrogen) atoms. The predicted octanol–water partition coefficient (Wildman–Crippen LogP) is 7.16. The molecule has 0 unspecified atom stereocenters. The Labute approximate surface area is 160 Å². The number of allylic oxidation sites excluding steroid dienone is 4. The monoisotopic (exact) mass is 406 g/mol. The van der Waals surface area contributed by atoms with Gasteiger partial charge in [0, 0.05) is 0 Å². The summed E-state index contributed by atoms with van der Waals surface area (Å²) in [5.41, 5.74) is -0.397. The van der Waals surface area contributed by atoms with Gasteiger partial charge in [-0.05, 0) is 82.7 Å². The third-order valence-corrected chi connectivity index (χ3v) is 5.05. The van der Waals surface area contributed by atoms with Crippen LogP contribution in [0.1, 0.15) is 70.1 Å². The first-order valence-electron chi connectivity index (χ1n) is 8.96. The molecule has 0 saturated carbocycles. The van der Waals surface area contributed by atoms with Crippen molar-refractivity contribution in [3.8, 4) is 0 Å². The molecule has 1 aliphatic rings. The third-order valence-electron chi connectivity index (χ3n) is 5.05. The van der Waals surface area contributed by atoms with E-state index in [0.29, 0.717) is 31.3 Å². The second-order valence-electron chi connectivity index (χ2n) is 8.10. The van der Waals surface area contributed by atoms with Crippen LogP contribution < -0.4 is 0 Å². The minimum absolute atomic E-state index is 0.0558. The summed E-state index contributed by atoms with van der Waals surface area (Å²) in [5, 5.41) is 9.99. The Morgan fingerprint density at radius 1 is 0.821 bits per heavy atom. The summed E-state index contributed by atoms with van der Waals surface area (Å²) in [4.78, 5) is 0. The molecule has 0 radical (unpaired) electrons. The number of alkyl halides is 6. The van der Waals surface area contributed by atoms with Gasteiger partial charge in [-0.25, -0.2) is 0 Å². The molecule has 0 saturated heterocycles. The number of hydrogen-bond donors (Lipinski definition) is 1. The average Bonchev–Trinajstić information content (AvgIpc) is 2.52. The SMILES string of the molecule is CC1=C(C)CC(c2cc(C(F)(F)F)cc(C(F)(F)F)c2)=C(CCC(C)(C)O)C1. The molecule has 1 aliphatic carbocycles. The van der Waals surface area contributed by atoms with Crippen molar-refractivity contribution in [3.05, 3.63) is 51.6 Å². The van der Waals surface area contributed by atoms with E-state index >= 15 is 0 Å². The Hall–Kier alpha value is -1.76. The highest BCUT2D eigenvalue weighted by Crippen LogP contribution is 2.42. The maximum absolute atomic E-state index is 13.2. The molecule has 0 aliphatic heterocycles. The molecular formula is C21H24F6O. The minimum atomic E-state index is -4.88. The summed E-state index contributed by atoms with van der Waals surface area (Å²) in [5.74, 6) is 0. The van der Waals surface area contributed by atoms with Crippen LogP contribution in [0.2, 0.25) is 0 Å². The molecule has 0 atom stereocenters. The smallest absolute Gasteiger partial charge is 0.390 e. The topological polar surface area (TPSA) is 20.2 Å². The zero-order valence-corrected chi connectivity index (χ0v) is 16.3. The predicted molar refractivity (Wildman–Crippen MR) is 96.5 cm³/mol.